The number of hydrogen-bond acceptors (Lipinski definition) is 6. The van der Waals surface area contributed by atoms with E-state index in [1.165, 1.54) is 11.3 Å². The molecule has 2 heterocycles. The Bertz CT molecular complexity index is 844. The summed E-state index contributed by atoms with van der Waals surface area (Å²) >= 11 is 1.37. The molecule has 0 saturated heterocycles. The Morgan fingerprint density at radius 3 is 2.58 bits per heavy atom. The smallest absolute Gasteiger partial charge is 0.277 e. The van der Waals surface area contributed by atoms with Crippen molar-refractivity contribution in [3.8, 4) is 11.5 Å². The van der Waals surface area contributed by atoms with Crippen molar-refractivity contribution in [2.75, 3.05) is 19.5 Å². The van der Waals surface area contributed by atoms with Crippen LogP contribution < -0.4 is 14.8 Å². The molecule has 3 rings (SSSR count). The first-order chi connectivity index (χ1) is 11.5. The fourth-order valence-electron chi connectivity index (χ4n) is 2.22. The molecule has 0 saturated carbocycles. The van der Waals surface area contributed by atoms with Crippen LogP contribution in [0.5, 0.6) is 11.5 Å². The lowest BCUT2D eigenvalue weighted by Gasteiger charge is -2.05. The van der Waals surface area contributed by atoms with Crippen molar-refractivity contribution in [3.05, 3.63) is 30.1 Å². The van der Waals surface area contributed by atoms with Gasteiger partial charge in [0, 0.05) is 24.4 Å². The third kappa shape index (κ3) is 3.05. The van der Waals surface area contributed by atoms with Gasteiger partial charge in [-0.25, -0.2) is 4.98 Å². The summed E-state index contributed by atoms with van der Waals surface area (Å²) in [7, 11) is 3.16. The zero-order valence-corrected chi connectivity index (χ0v) is 14.7. The molecule has 7 nitrogen and oxygen atoms in total. The molecule has 0 aliphatic carbocycles. The number of nitrogens with one attached hydrogen (secondary N) is 1. The van der Waals surface area contributed by atoms with Crippen LogP contribution in [0.4, 0.5) is 5.13 Å². The van der Waals surface area contributed by atoms with Crippen LogP contribution in [0, 0.1) is 0 Å². The van der Waals surface area contributed by atoms with E-state index in [1.54, 1.807) is 37.2 Å². The van der Waals surface area contributed by atoms with Gasteiger partial charge in [-0.2, -0.15) is 5.10 Å². The van der Waals surface area contributed by atoms with Gasteiger partial charge in [0.25, 0.3) is 5.91 Å². The zero-order chi connectivity index (χ0) is 17.3. The van der Waals surface area contributed by atoms with Gasteiger partial charge in [0.05, 0.1) is 24.4 Å². The second kappa shape index (κ2) is 6.48. The van der Waals surface area contributed by atoms with E-state index in [0.29, 0.717) is 22.3 Å². The summed E-state index contributed by atoms with van der Waals surface area (Å²) in [6, 6.07) is 5.52. The fraction of sp³-hybridized carbons (Fsp3) is 0.312. The van der Waals surface area contributed by atoms with Crippen molar-refractivity contribution < 1.29 is 14.3 Å². The summed E-state index contributed by atoms with van der Waals surface area (Å²) in [5.41, 5.74) is 1.10. The second-order valence-electron chi connectivity index (χ2n) is 5.42. The molecule has 1 aromatic carbocycles. The Labute approximate surface area is 143 Å². The molecule has 2 aromatic heterocycles. The molecule has 126 valence electrons. The van der Waals surface area contributed by atoms with Gasteiger partial charge in [0.15, 0.2) is 22.3 Å². The number of carbonyl (C=O) groups excluding carboxylic acids is 1. The van der Waals surface area contributed by atoms with E-state index in [9.17, 15) is 4.79 Å². The van der Waals surface area contributed by atoms with Crippen molar-refractivity contribution >= 4 is 32.6 Å². The van der Waals surface area contributed by atoms with Gasteiger partial charge in [0.1, 0.15) is 0 Å². The number of rotatable bonds is 5. The van der Waals surface area contributed by atoms with Crippen molar-refractivity contribution in [1.82, 2.24) is 14.8 Å². The number of ether oxygens (including phenoxy) is 2. The maximum atomic E-state index is 12.3. The number of amides is 1. The van der Waals surface area contributed by atoms with Gasteiger partial charge in [0.2, 0.25) is 0 Å². The number of anilines is 1. The van der Waals surface area contributed by atoms with Gasteiger partial charge in [-0.3, -0.25) is 14.8 Å². The van der Waals surface area contributed by atoms with Crippen LogP contribution in [0.1, 0.15) is 30.4 Å². The highest BCUT2D eigenvalue weighted by Gasteiger charge is 2.15. The number of nitrogens with zero attached hydrogens (tertiary/aromatic N) is 3. The molecule has 0 aliphatic heterocycles. The molecule has 0 fully saturated rings. The van der Waals surface area contributed by atoms with Gasteiger partial charge in [-0.15, -0.1) is 0 Å². The molecule has 1 N–H and O–H groups in total. The average molecular weight is 346 g/mol. The van der Waals surface area contributed by atoms with Gasteiger partial charge >= 0.3 is 0 Å². The van der Waals surface area contributed by atoms with E-state index >= 15 is 0 Å². The number of methoxy groups -OCH3 is 2. The Hall–Kier alpha value is -2.61. The highest BCUT2D eigenvalue weighted by atomic mass is 32.1. The molecule has 0 spiro atoms. The molecule has 1 amide bonds. The number of aromatic nitrogens is 3. The third-order valence-corrected chi connectivity index (χ3v) is 4.42. The second-order valence-corrected chi connectivity index (χ2v) is 6.45. The van der Waals surface area contributed by atoms with Gasteiger partial charge < -0.3 is 9.47 Å². The SMILES string of the molecule is COc1cc2nc(NC(=O)c3ccn(C(C)C)n3)sc2cc1OC. The van der Waals surface area contributed by atoms with E-state index in [0.717, 1.165) is 10.2 Å². The highest BCUT2D eigenvalue weighted by molar-refractivity contribution is 7.22. The summed E-state index contributed by atoms with van der Waals surface area (Å²) < 4.78 is 13.2. The van der Waals surface area contributed by atoms with E-state index in [1.807, 2.05) is 19.9 Å². The molecular formula is C16H18N4O3S. The third-order valence-electron chi connectivity index (χ3n) is 3.48. The minimum Gasteiger partial charge on any atom is -0.493 e. The molecule has 0 atom stereocenters. The van der Waals surface area contributed by atoms with Crippen LogP contribution in [0.3, 0.4) is 0 Å². The van der Waals surface area contributed by atoms with Crippen molar-refractivity contribution in [3.63, 3.8) is 0 Å². The van der Waals surface area contributed by atoms with Crippen molar-refractivity contribution in [2.45, 2.75) is 19.9 Å². The van der Waals surface area contributed by atoms with Crippen LogP contribution in [-0.2, 0) is 0 Å². The zero-order valence-electron chi connectivity index (χ0n) is 13.9. The standard InChI is InChI=1S/C16H18N4O3S/c1-9(2)20-6-5-10(19-20)15(21)18-16-17-11-7-12(22-3)13(23-4)8-14(11)24-16/h5-9H,1-4H3,(H,17,18,21). The summed E-state index contributed by atoms with van der Waals surface area (Å²) in [6.45, 7) is 4.01. The molecule has 0 bridgehead atoms. The van der Waals surface area contributed by atoms with E-state index in [4.69, 9.17) is 9.47 Å². The molecule has 0 aliphatic rings. The minimum atomic E-state index is -0.285. The first kappa shape index (κ1) is 16.3. The highest BCUT2D eigenvalue weighted by Crippen LogP contribution is 2.36. The molecule has 8 heteroatoms. The van der Waals surface area contributed by atoms with Crippen LogP contribution in [0.15, 0.2) is 24.4 Å². The van der Waals surface area contributed by atoms with Crippen LogP contribution in [0.2, 0.25) is 0 Å². The summed E-state index contributed by atoms with van der Waals surface area (Å²) in [6.07, 6.45) is 1.79. The van der Waals surface area contributed by atoms with Crippen molar-refractivity contribution in [1.29, 1.82) is 0 Å². The lowest BCUT2D eigenvalue weighted by Crippen LogP contribution is -2.13. The van der Waals surface area contributed by atoms with E-state index < -0.39 is 0 Å². The number of thiazole rings is 1. The van der Waals surface area contributed by atoms with E-state index in [2.05, 4.69) is 15.4 Å². The van der Waals surface area contributed by atoms with Crippen LogP contribution >= 0.6 is 11.3 Å². The lowest BCUT2D eigenvalue weighted by molar-refractivity contribution is 0.102. The number of hydrogen-bond donors (Lipinski definition) is 1. The molecule has 24 heavy (non-hydrogen) atoms. The fourth-order valence-corrected chi connectivity index (χ4v) is 3.09. The predicted octanol–water partition coefficient (Wildman–Crippen LogP) is 3.34. The Morgan fingerprint density at radius 2 is 1.96 bits per heavy atom. The molecule has 0 unspecified atom stereocenters. The monoisotopic (exact) mass is 346 g/mol. The van der Waals surface area contributed by atoms with Crippen molar-refractivity contribution in [2.24, 2.45) is 0 Å². The normalized spacial score (nSPS) is 11.0. The Morgan fingerprint density at radius 1 is 1.25 bits per heavy atom. The maximum Gasteiger partial charge on any atom is 0.277 e. The number of carbonyl (C=O) groups is 1. The largest absolute Gasteiger partial charge is 0.493 e. The molecular weight excluding hydrogens is 328 g/mol. The van der Waals surface area contributed by atoms with Crippen LogP contribution in [0.25, 0.3) is 10.2 Å². The van der Waals surface area contributed by atoms with Gasteiger partial charge in [-0.1, -0.05) is 11.3 Å². The number of fused-ring (bicyclic) bond motifs is 1. The summed E-state index contributed by atoms with van der Waals surface area (Å²) in [5.74, 6) is 0.943. The topological polar surface area (TPSA) is 78.3 Å². The summed E-state index contributed by atoms with van der Waals surface area (Å²) in [4.78, 5) is 16.7. The minimum absolute atomic E-state index is 0.203. The molecule has 0 radical (unpaired) electrons. The first-order valence-corrected chi connectivity index (χ1v) is 8.22. The summed E-state index contributed by atoms with van der Waals surface area (Å²) in [5, 5.41) is 7.55. The lowest BCUT2D eigenvalue weighted by atomic mass is 10.3. The predicted molar refractivity (Wildman–Crippen MR) is 93.3 cm³/mol. The quantitative estimate of drug-likeness (QED) is 0.766. The van der Waals surface area contributed by atoms with Crippen LogP contribution in [-0.4, -0.2) is 34.9 Å². The Balaban J connectivity index is 1.85. The maximum absolute atomic E-state index is 12.3. The van der Waals surface area contributed by atoms with E-state index in [-0.39, 0.29) is 11.9 Å². The first-order valence-electron chi connectivity index (χ1n) is 7.41. The Kier molecular flexibility index (Phi) is 4.39. The molecule has 3 aromatic rings. The average Bonchev–Trinajstić information content (AvgIpc) is 3.19. The number of benzene rings is 1. The van der Waals surface area contributed by atoms with Gasteiger partial charge in [-0.05, 0) is 19.9 Å².